The highest BCUT2D eigenvalue weighted by Crippen LogP contribution is 2.24. The summed E-state index contributed by atoms with van der Waals surface area (Å²) in [6.45, 7) is 3.91. The van der Waals surface area contributed by atoms with Gasteiger partial charge in [-0.3, -0.25) is 0 Å². The van der Waals surface area contributed by atoms with E-state index in [0.717, 1.165) is 33.6 Å². The van der Waals surface area contributed by atoms with E-state index in [9.17, 15) is 0 Å². The number of aryl methyl sites for hydroxylation is 2. The molecule has 4 N–H and O–H groups in total. The van der Waals surface area contributed by atoms with Gasteiger partial charge in [-0.15, -0.1) is 0 Å². The van der Waals surface area contributed by atoms with Crippen LogP contribution in [0, 0.1) is 25.7 Å². The first-order valence-electron chi connectivity index (χ1n) is 7.47. The quantitative estimate of drug-likeness (QED) is 0.674. The van der Waals surface area contributed by atoms with E-state index in [2.05, 4.69) is 32.9 Å². The molecule has 0 saturated carbocycles. The van der Waals surface area contributed by atoms with Crippen LogP contribution in [0.4, 0.5) is 11.8 Å². The van der Waals surface area contributed by atoms with Gasteiger partial charge in [-0.1, -0.05) is 35.6 Å². The molecule has 0 aliphatic heterocycles. The molecule has 5 heteroatoms. The zero-order valence-electron chi connectivity index (χ0n) is 13.5. The zero-order chi connectivity index (χ0) is 17.1. The number of nitrogens with two attached hydrogens (primary N) is 2. The maximum atomic E-state index is 5.83. The second-order valence-electron chi connectivity index (χ2n) is 5.48. The van der Waals surface area contributed by atoms with E-state index in [-0.39, 0.29) is 5.95 Å². The molecule has 118 valence electrons. The molecule has 1 aromatic carbocycles. The average molecular weight is 315 g/mol. The van der Waals surface area contributed by atoms with Gasteiger partial charge < -0.3 is 11.5 Å². The van der Waals surface area contributed by atoms with Gasteiger partial charge >= 0.3 is 0 Å². The molecule has 24 heavy (non-hydrogen) atoms. The highest BCUT2D eigenvalue weighted by atomic mass is 15.0. The Morgan fingerprint density at radius 3 is 2.50 bits per heavy atom. The molecule has 0 fully saturated rings. The molecule has 0 bridgehead atoms. The molecule has 0 amide bonds. The number of hydrogen-bond acceptors (Lipinski definition) is 5. The van der Waals surface area contributed by atoms with Gasteiger partial charge in [0.15, 0.2) is 0 Å². The third-order valence-electron chi connectivity index (χ3n) is 3.52. The summed E-state index contributed by atoms with van der Waals surface area (Å²) in [5.41, 5.74) is 16.5. The lowest BCUT2D eigenvalue weighted by atomic mass is 10.0. The van der Waals surface area contributed by atoms with Crippen LogP contribution < -0.4 is 11.5 Å². The second-order valence-corrected chi connectivity index (χ2v) is 5.48. The van der Waals surface area contributed by atoms with Crippen molar-refractivity contribution in [2.24, 2.45) is 0 Å². The lowest BCUT2D eigenvalue weighted by molar-refractivity contribution is 1.11. The van der Waals surface area contributed by atoms with Gasteiger partial charge in [0.05, 0.1) is 17.0 Å². The predicted molar refractivity (Wildman–Crippen MR) is 96.0 cm³/mol. The molecule has 0 unspecified atom stereocenters. The summed E-state index contributed by atoms with van der Waals surface area (Å²) in [7, 11) is 0. The fourth-order valence-electron chi connectivity index (χ4n) is 2.36. The maximum absolute atomic E-state index is 5.83. The van der Waals surface area contributed by atoms with Crippen LogP contribution in [0.15, 0.2) is 42.6 Å². The highest BCUT2D eigenvalue weighted by Gasteiger charge is 2.11. The van der Waals surface area contributed by atoms with E-state index in [0.29, 0.717) is 5.82 Å². The molecule has 0 radical (unpaired) electrons. The Morgan fingerprint density at radius 1 is 0.958 bits per heavy atom. The number of benzene rings is 1. The molecule has 0 aliphatic rings. The first kappa shape index (κ1) is 15.5. The molecule has 2 heterocycles. The minimum absolute atomic E-state index is 0.240. The van der Waals surface area contributed by atoms with Crippen molar-refractivity contribution >= 4 is 11.8 Å². The van der Waals surface area contributed by atoms with Gasteiger partial charge in [0.2, 0.25) is 5.95 Å². The minimum Gasteiger partial charge on any atom is -0.384 e. The van der Waals surface area contributed by atoms with Gasteiger partial charge in [0.25, 0.3) is 0 Å². The fourth-order valence-corrected chi connectivity index (χ4v) is 2.36. The third kappa shape index (κ3) is 3.33. The van der Waals surface area contributed by atoms with Gasteiger partial charge in [0, 0.05) is 17.3 Å². The van der Waals surface area contributed by atoms with Crippen molar-refractivity contribution in [1.82, 2.24) is 15.0 Å². The van der Waals surface area contributed by atoms with E-state index < -0.39 is 0 Å². The van der Waals surface area contributed by atoms with Gasteiger partial charge in [-0.2, -0.15) is 0 Å². The van der Waals surface area contributed by atoms with Crippen molar-refractivity contribution in [3.63, 3.8) is 0 Å². The Labute approximate surface area is 140 Å². The molecule has 2 aromatic heterocycles. The predicted octanol–water partition coefficient (Wildman–Crippen LogP) is 2.72. The summed E-state index contributed by atoms with van der Waals surface area (Å²) in [6, 6.07) is 11.6. The van der Waals surface area contributed by atoms with E-state index in [1.807, 2.05) is 38.1 Å². The zero-order valence-corrected chi connectivity index (χ0v) is 13.5. The monoisotopic (exact) mass is 315 g/mol. The Bertz CT molecular complexity index is 950. The van der Waals surface area contributed by atoms with Crippen LogP contribution in [-0.2, 0) is 0 Å². The third-order valence-corrected chi connectivity index (χ3v) is 3.52. The summed E-state index contributed by atoms with van der Waals surface area (Å²) < 4.78 is 0. The van der Waals surface area contributed by atoms with Crippen molar-refractivity contribution in [2.75, 3.05) is 11.5 Å². The van der Waals surface area contributed by atoms with Crippen LogP contribution in [0.2, 0.25) is 0 Å². The minimum atomic E-state index is 0.240. The summed E-state index contributed by atoms with van der Waals surface area (Å²) in [4.78, 5) is 12.7. The number of rotatable bonds is 1. The average Bonchev–Trinajstić information content (AvgIpc) is 2.55. The van der Waals surface area contributed by atoms with Gasteiger partial charge in [0.1, 0.15) is 5.82 Å². The van der Waals surface area contributed by atoms with E-state index in [1.54, 1.807) is 12.3 Å². The van der Waals surface area contributed by atoms with Crippen LogP contribution >= 0.6 is 0 Å². The topological polar surface area (TPSA) is 90.7 Å². The number of nitrogens with zero attached hydrogens (tertiary/aromatic N) is 3. The summed E-state index contributed by atoms with van der Waals surface area (Å²) in [5, 5.41) is 0. The van der Waals surface area contributed by atoms with Crippen LogP contribution in [-0.4, -0.2) is 15.0 Å². The lowest BCUT2D eigenvalue weighted by Gasteiger charge is -2.08. The molecule has 0 spiro atoms. The summed E-state index contributed by atoms with van der Waals surface area (Å²) in [6.07, 6.45) is 1.64. The van der Waals surface area contributed by atoms with Crippen molar-refractivity contribution < 1.29 is 0 Å². The molecule has 3 aromatic rings. The standard InChI is InChI=1S/C19H17N5/c1-12-4-3-5-15(10-12)18-16(13(2)23-19(21)24-18)8-6-14-7-9-17(20)22-11-14/h3-5,7,9-11H,1-2H3,(H2,20,22)(H2,21,23,24). The Kier molecular flexibility index (Phi) is 4.13. The smallest absolute Gasteiger partial charge is 0.220 e. The Morgan fingerprint density at radius 2 is 1.79 bits per heavy atom. The van der Waals surface area contributed by atoms with E-state index in [4.69, 9.17) is 11.5 Å². The molecular weight excluding hydrogens is 298 g/mol. The number of nitrogen functional groups attached to an aromatic ring is 2. The van der Waals surface area contributed by atoms with Crippen molar-refractivity contribution in [3.8, 4) is 23.1 Å². The fraction of sp³-hybridized carbons (Fsp3) is 0.105. The van der Waals surface area contributed by atoms with Crippen LogP contribution in [0.1, 0.15) is 22.4 Å². The van der Waals surface area contributed by atoms with E-state index >= 15 is 0 Å². The molecule has 3 rings (SSSR count). The number of hydrogen-bond donors (Lipinski definition) is 2. The number of pyridine rings is 1. The van der Waals surface area contributed by atoms with Crippen molar-refractivity contribution in [2.45, 2.75) is 13.8 Å². The van der Waals surface area contributed by atoms with Crippen LogP contribution in [0.3, 0.4) is 0 Å². The Balaban J connectivity index is 2.12. The molecule has 0 saturated heterocycles. The first-order valence-corrected chi connectivity index (χ1v) is 7.47. The largest absolute Gasteiger partial charge is 0.384 e. The number of anilines is 2. The summed E-state index contributed by atoms with van der Waals surface area (Å²) in [5.74, 6) is 6.94. The van der Waals surface area contributed by atoms with Gasteiger partial charge in [-0.25, -0.2) is 15.0 Å². The van der Waals surface area contributed by atoms with Crippen LogP contribution in [0.5, 0.6) is 0 Å². The summed E-state index contributed by atoms with van der Waals surface area (Å²) >= 11 is 0. The van der Waals surface area contributed by atoms with Crippen molar-refractivity contribution in [3.05, 3.63) is 65.0 Å². The van der Waals surface area contributed by atoms with Gasteiger partial charge in [-0.05, 0) is 32.0 Å². The maximum Gasteiger partial charge on any atom is 0.220 e. The Hall–Kier alpha value is -3.39. The number of aromatic nitrogens is 3. The van der Waals surface area contributed by atoms with Crippen molar-refractivity contribution in [1.29, 1.82) is 0 Å². The second kappa shape index (κ2) is 6.39. The molecular formula is C19H17N5. The van der Waals surface area contributed by atoms with E-state index in [1.165, 1.54) is 0 Å². The normalized spacial score (nSPS) is 10.1. The van der Waals surface area contributed by atoms with Crippen LogP contribution in [0.25, 0.3) is 11.3 Å². The highest BCUT2D eigenvalue weighted by molar-refractivity contribution is 5.70. The molecule has 0 aliphatic carbocycles. The molecule has 0 atom stereocenters. The lowest BCUT2D eigenvalue weighted by Crippen LogP contribution is -2.03. The molecule has 5 nitrogen and oxygen atoms in total. The first-order chi connectivity index (χ1) is 11.5. The SMILES string of the molecule is Cc1cccc(-c2nc(N)nc(C)c2C#Cc2ccc(N)nc2)c1.